The molecular weight excluding hydrogens is 428 g/mol. The molecule has 2 N–H and O–H groups in total. The van der Waals surface area contributed by atoms with E-state index < -0.39 is 79.3 Å². The number of hydrogen-bond acceptors (Lipinski definition) is 2. The van der Waals surface area contributed by atoms with Crippen molar-refractivity contribution >= 4 is 0 Å². The van der Waals surface area contributed by atoms with Gasteiger partial charge in [-0.2, -0.15) is 52.7 Å². The number of hydrogen-bond donors (Lipinski definition) is 2. The minimum Gasteiger partial charge on any atom is -0.373 e. The van der Waals surface area contributed by atoms with Crippen LogP contribution in [0.1, 0.15) is 39.0 Å². The Morgan fingerprint density at radius 1 is 0.643 bits per heavy atom. The fourth-order valence-electron chi connectivity index (χ4n) is 3.75. The van der Waals surface area contributed by atoms with E-state index in [0.29, 0.717) is 6.92 Å². The molecule has 0 saturated heterocycles. The van der Waals surface area contributed by atoms with E-state index in [0.717, 1.165) is 0 Å². The van der Waals surface area contributed by atoms with Gasteiger partial charge in [0.1, 0.15) is 0 Å². The van der Waals surface area contributed by atoms with Crippen LogP contribution >= 0.6 is 0 Å². The van der Waals surface area contributed by atoms with Crippen LogP contribution < -0.4 is 0 Å². The van der Waals surface area contributed by atoms with Gasteiger partial charge >= 0.3 is 24.7 Å². The molecule has 0 spiro atoms. The molecule has 28 heavy (non-hydrogen) atoms. The molecule has 14 heteroatoms. The van der Waals surface area contributed by atoms with Crippen LogP contribution in [-0.2, 0) is 0 Å². The van der Waals surface area contributed by atoms with Gasteiger partial charge in [0.25, 0.3) is 11.2 Å². The third-order valence-corrected chi connectivity index (χ3v) is 5.47. The lowest BCUT2D eigenvalue weighted by molar-refractivity contribution is -0.404. The van der Waals surface area contributed by atoms with E-state index in [4.69, 9.17) is 0 Å². The summed E-state index contributed by atoms with van der Waals surface area (Å²) in [5, 5.41) is 18.9. The SMILES string of the molecule is CC1(C(O)(C(F)(F)F)C(F)(F)F)CCCC(C(O)(C(F)(F)F)C(F)(F)F)CC1. The molecule has 0 radical (unpaired) electrons. The van der Waals surface area contributed by atoms with Crippen molar-refractivity contribution in [2.24, 2.45) is 11.3 Å². The molecule has 0 aliphatic heterocycles. The topological polar surface area (TPSA) is 40.5 Å². The Balaban J connectivity index is 3.40. The number of rotatable bonds is 2. The van der Waals surface area contributed by atoms with Crippen molar-refractivity contribution < 1.29 is 62.9 Å². The highest BCUT2D eigenvalue weighted by Gasteiger charge is 2.78. The second kappa shape index (κ2) is 6.81. The van der Waals surface area contributed by atoms with Crippen LogP contribution in [0.2, 0.25) is 0 Å². The van der Waals surface area contributed by atoms with Gasteiger partial charge in [-0.1, -0.05) is 13.3 Å². The van der Waals surface area contributed by atoms with Gasteiger partial charge < -0.3 is 10.2 Å². The van der Waals surface area contributed by atoms with Gasteiger partial charge in [-0.25, -0.2) is 0 Å². The summed E-state index contributed by atoms with van der Waals surface area (Å²) in [6, 6.07) is 0. The van der Waals surface area contributed by atoms with E-state index in [1.165, 1.54) is 0 Å². The molecule has 168 valence electrons. The fourth-order valence-corrected chi connectivity index (χ4v) is 3.75. The molecular formula is C14H16F12O2. The van der Waals surface area contributed by atoms with E-state index >= 15 is 0 Å². The second-order valence-corrected chi connectivity index (χ2v) is 7.16. The van der Waals surface area contributed by atoms with Crippen molar-refractivity contribution in [1.82, 2.24) is 0 Å². The quantitative estimate of drug-likeness (QED) is 0.449. The van der Waals surface area contributed by atoms with E-state index in [2.05, 4.69) is 0 Å². The summed E-state index contributed by atoms with van der Waals surface area (Å²) in [7, 11) is 0. The summed E-state index contributed by atoms with van der Waals surface area (Å²) in [6.07, 6.45) is -31.3. The van der Waals surface area contributed by atoms with Gasteiger partial charge in [-0.05, 0) is 25.7 Å². The summed E-state index contributed by atoms with van der Waals surface area (Å²) in [6.45, 7) is 0.302. The average Bonchev–Trinajstić information content (AvgIpc) is 2.63. The van der Waals surface area contributed by atoms with Gasteiger partial charge in [0.2, 0.25) is 0 Å². The zero-order chi connectivity index (χ0) is 22.6. The van der Waals surface area contributed by atoms with Gasteiger partial charge in [-0.15, -0.1) is 0 Å². The van der Waals surface area contributed by atoms with Gasteiger partial charge in [0.15, 0.2) is 0 Å². The van der Waals surface area contributed by atoms with Crippen molar-refractivity contribution in [3.8, 4) is 0 Å². The zero-order valence-corrected chi connectivity index (χ0v) is 14.0. The average molecular weight is 444 g/mol. The molecule has 0 aromatic heterocycles. The zero-order valence-electron chi connectivity index (χ0n) is 14.0. The molecule has 1 saturated carbocycles. The number of halogens is 12. The Bertz CT molecular complexity index is 531. The van der Waals surface area contributed by atoms with Crippen molar-refractivity contribution in [3.05, 3.63) is 0 Å². The lowest BCUT2D eigenvalue weighted by atomic mass is 9.66. The summed E-state index contributed by atoms with van der Waals surface area (Å²) in [4.78, 5) is 0. The standard InChI is InChI=1S/C14H16F12O2/c1-8(10(28,13(21,22)23)14(24,25)26)5-2-3-7(4-6-8)9(27,11(15,16)17)12(18,19)20/h7,27-28H,2-6H2,1H3. The largest absolute Gasteiger partial charge is 0.426 e. The van der Waals surface area contributed by atoms with Crippen LogP contribution in [0, 0.1) is 11.3 Å². The molecule has 1 aliphatic carbocycles. The minimum atomic E-state index is -6.29. The predicted molar refractivity (Wildman–Crippen MR) is 68.8 cm³/mol. The molecule has 0 aromatic carbocycles. The summed E-state index contributed by atoms with van der Waals surface area (Å²) >= 11 is 0. The second-order valence-electron chi connectivity index (χ2n) is 7.16. The monoisotopic (exact) mass is 444 g/mol. The lowest BCUT2D eigenvalue weighted by Gasteiger charge is -2.46. The first-order chi connectivity index (χ1) is 12.1. The maximum Gasteiger partial charge on any atom is 0.426 e. The molecule has 0 heterocycles. The Kier molecular flexibility index (Phi) is 6.11. The van der Waals surface area contributed by atoms with Gasteiger partial charge in [0, 0.05) is 11.3 Å². The Hall–Kier alpha value is -0.920. The highest BCUT2D eigenvalue weighted by molar-refractivity contribution is 5.09. The van der Waals surface area contributed by atoms with Gasteiger partial charge in [-0.3, -0.25) is 0 Å². The molecule has 0 aromatic rings. The fraction of sp³-hybridized carbons (Fsp3) is 1.00. The third-order valence-electron chi connectivity index (χ3n) is 5.47. The molecule has 1 rings (SSSR count). The highest BCUT2D eigenvalue weighted by Crippen LogP contribution is 2.60. The van der Waals surface area contributed by atoms with Crippen molar-refractivity contribution in [1.29, 1.82) is 0 Å². The summed E-state index contributed by atoms with van der Waals surface area (Å²) < 4.78 is 156. The van der Waals surface area contributed by atoms with E-state index in [1.54, 1.807) is 0 Å². The van der Waals surface area contributed by atoms with Crippen LogP contribution in [0.15, 0.2) is 0 Å². The third kappa shape index (κ3) is 3.65. The summed E-state index contributed by atoms with van der Waals surface area (Å²) in [5.74, 6) is -2.74. The molecule has 2 atom stereocenters. The van der Waals surface area contributed by atoms with E-state index in [9.17, 15) is 62.9 Å². The maximum atomic E-state index is 13.1. The first-order valence-electron chi connectivity index (χ1n) is 7.78. The van der Waals surface area contributed by atoms with Crippen molar-refractivity contribution in [3.63, 3.8) is 0 Å². The smallest absolute Gasteiger partial charge is 0.373 e. The molecule has 2 nitrogen and oxygen atoms in total. The first kappa shape index (κ1) is 25.1. The first-order valence-corrected chi connectivity index (χ1v) is 7.78. The highest BCUT2D eigenvalue weighted by atomic mass is 19.4. The normalized spacial score (nSPS) is 26.9. The van der Waals surface area contributed by atoms with Crippen LogP contribution in [0.4, 0.5) is 52.7 Å². The van der Waals surface area contributed by atoms with Crippen LogP contribution in [-0.4, -0.2) is 46.1 Å². The van der Waals surface area contributed by atoms with Gasteiger partial charge in [0.05, 0.1) is 0 Å². The molecule has 1 aliphatic rings. The Morgan fingerprint density at radius 3 is 1.36 bits per heavy atom. The number of aliphatic hydroxyl groups is 2. The number of alkyl halides is 12. The summed E-state index contributed by atoms with van der Waals surface area (Å²) in [5.41, 5.74) is -13.8. The lowest BCUT2D eigenvalue weighted by Crippen LogP contribution is -2.66. The molecule has 0 amide bonds. The molecule has 0 bridgehead atoms. The van der Waals surface area contributed by atoms with Crippen LogP contribution in [0.3, 0.4) is 0 Å². The van der Waals surface area contributed by atoms with Crippen molar-refractivity contribution in [2.45, 2.75) is 74.9 Å². The minimum absolute atomic E-state index is 0.302. The van der Waals surface area contributed by atoms with E-state index in [1.807, 2.05) is 0 Å². The Labute approximate surface area is 150 Å². The van der Waals surface area contributed by atoms with Crippen LogP contribution in [0.5, 0.6) is 0 Å². The molecule has 1 fully saturated rings. The van der Waals surface area contributed by atoms with E-state index in [-0.39, 0.29) is 0 Å². The maximum absolute atomic E-state index is 13.1. The predicted octanol–water partition coefficient (Wildman–Crippen LogP) is 5.28. The van der Waals surface area contributed by atoms with Crippen molar-refractivity contribution in [2.75, 3.05) is 0 Å². The Morgan fingerprint density at radius 2 is 1.04 bits per heavy atom. The molecule has 2 unspecified atom stereocenters. The van der Waals surface area contributed by atoms with Crippen LogP contribution in [0.25, 0.3) is 0 Å².